The first kappa shape index (κ1) is 14.5. The van der Waals surface area contributed by atoms with Gasteiger partial charge in [-0.1, -0.05) is 27.5 Å². The molecule has 2 heterocycles. The van der Waals surface area contributed by atoms with Gasteiger partial charge in [-0.15, -0.1) is 0 Å². The molecule has 1 aromatic carbocycles. The van der Waals surface area contributed by atoms with Crippen molar-refractivity contribution in [2.24, 2.45) is 0 Å². The number of hydrogen-bond acceptors (Lipinski definition) is 3. The summed E-state index contributed by atoms with van der Waals surface area (Å²) in [6, 6.07) is 5.31. The number of benzene rings is 1. The van der Waals surface area contributed by atoms with Gasteiger partial charge in [0.15, 0.2) is 5.82 Å². The monoisotopic (exact) mass is 368 g/mol. The molecule has 21 heavy (non-hydrogen) atoms. The Kier molecular flexibility index (Phi) is 3.99. The molecule has 0 bridgehead atoms. The predicted molar refractivity (Wildman–Crippen MR) is 83.5 cm³/mol. The van der Waals surface area contributed by atoms with E-state index in [1.165, 1.54) is 0 Å². The van der Waals surface area contributed by atoms with Gasteiger partial charge in [0, 0.05) is 23.5 Å². The molecule has 1 fully saturated rings. The van der Waals surface area contributed by atoms with Gasteiger partial charge in [0.1, 0.15) is 5.82 Å². The first-order valence-electron chi connectivity index (χ1n) is 6.68. The van der Waals surface area contributed by atoms with Crippen LogP contribution >= 0.6 is 27.5 Å². The minimum absolute atomic E-state index is 0.0396. The number of likely N-dealkylation sites (tertiary alicyclic amines) is 1. The Balaban J connectivity index is 1.75. The van der Waals surface area contributed by atoms with Gasteiger partial charge < -0.3 is 4.90 Å². The summed E-state index contributed by atoms with van der Waals surface area (Å²) in [5, 5.41) is 7.50. The van der Waals surface area contributed by atoms with Crippen molar-refractivity contribution < 1.29 is 4.79 Å². The SMILES string of the molecule is Cc1nc(C2CCN(C(=O)c3ccc(Br)cc3Cl)C2)n[nH]1. The normalized spacial score (nSPS) is 18.2. The van der Waals surface area contributed by atoms with E-state index < -0.39 is 0 Å². The third kappa shape index (κ3) is 2.96. The Morgan fingerprint density at radius 2 is 2.33 bits per heavy atom. The number of nitrogens with zero attached hydrogens (tertiary/aromatic N) is 3. The molecule has 0 radical (unpaired) electrons. The molecule has 0 spiro atoms. The molecule has 1 aliphatic heterocycles. The molecule has 7 heteroatoms. The topological polar surface area (TPSA) is 61.9 Å². The van der Waals surface area contributed by atoms with E-state index in [0.29, 0.717) is 23.7 Å². The van der Waals surface area contributed by atoms with Gasteiger partial charge in [-0.3, -0.25) is 9.89 Å². The molecule has 110 valence electrons. The molecule has 1 aliphatic rings. The van der Waals surface area contributed by atoms with Crippen molar-refractivity contribution in [3.63, 3.8) is 0 Å². The summed E-state index contributed by atoms with van der Waals surface area (Å²) in [4.78, 5) is 18.7. The fourth-order valence-electron chi connectivity index (χ4n) is 2.53. The van der Waals surface area contributed by atoms with Crippen LogP contribution in [0, 0.1) is 6.92 Å². The molecular weight excluding hydrogens is 356 g/mol. The Bertz CT molecular complexity index is 687. The van der Waals surface area contributed by atoms with Gasteiger partial charge >= 0.3 is 0 Å². The lowest BCUT2D eigenvalue weighted by Crippen LogP contribution is -2.28. The Labute approximate surface area is 135 Å². The number of carbonyl (C=O) groups is 1. The lowest BCUT2D eigenvalue weighted by Gasteiger charge is -2.16. The van der Waals surface area contributed by atoms with Crippen molar-refractivity contribution in [1.29, 1.82) is 0 Å². The van der Waals surface area contributed by atoms with Gasteiger partial charge in [0.25, 0.3) is 5.91 Å². The Morgan fingerprint density at radius 3 is 3.00 bits per heavy atom. The zero-order valence-corrected chi connectivity index (χ0v) is 13.8. The molecule has 3 rings (SSSR count). The minimum atomic E-state index is -0.0396. The highest BCUT2D eigenvalue weighted by Crippen LogP contribution is 2.28. The molecule has 1 N–H and O–H groups in total. The van der Waals surface area contributed by atoms with Gasteiger partial charge in [-0.25, -0.2) is 4.98 Å². The standard InChI is InChI=1S/C14H14BrClN4O/c1-8-17-13(19-18-8)9-4-5-20(7-9)14(21)11-3-2-10(15)6-12(11)16/h2-3,6,9H,4-5,7H2,1H3,(H,17,18,19). The first-order chi connectivity index (χ1) is 10.0. The second-order valence-electron chi connectivity index (χ2n) is 5.14. The summed E-state index contributed by atoms with van der Waals surface area (Å²) in [7, 11) is 0. The number of nitrogens with one attached hydrogen (secondary N) is 1. The van der Waals surface area contributed by atoms with Crippen LogP contribution < -0.4 is 0 Å². The fraction of sp³-hybridized carbons (Fsp3) is 0.357. The second-order valence-corrected chi connectivity index (χ2v) is 6.46. The van der Waals surface area contributed by atoms with Crippen molar-refractivity contribution >= 4 is 33.4 Å². The first-order valence-corrected chi connectivity index (χ1v) is 7.85. The summed E-state index contributed by atoms with van der Waals surface area (Å²) >= 11 is 9.49. The molecule has 1 saturated heterocycles. The van der Waals surface area contributed by atoms with Crippen LogP contribution in [0.4, 0.5) is 0 Å². The lowest BCUT2D eigenvalue weighted by atomic mass is 10.1. The zero-order valence-electron chi connectivity index (χ0n) is 11.4. The van der Waals surface area contributed by atoms with Crippen LogP contribution in [-0.4, -0.2) is 39.1 Å². The van der Waals surface area contributed by atoms with E-state index in [-0.39, 0.29) is 11.8 Å². The lowest BCUT2D eigenvalue weighted by molar-refractivity contribution is 0.0790. The van der Waals surface area contributed by atoms with Crippen LogP contribution in [0.3, 0.4) is 0 Å². The Hall–Kier alpha value is -1.40. The summed E-state index contributed by atoms with van der Waals surface area (Å²) in [5.41, 5.74) is 0.534. The molecule has 1 amide bonds. The molecule has 2 aromatic rings. The smallest absolute Gasteiger partial charge is 0.255 e. The minimum Gasteiger partial charge on any atom is -0.338 e. The maximum atomic E-state index is 12.5. The van der Waals surface area contributed by atoms with E-state index in [9.17, 15) is 4.79 Å². The molecular formula is C14H14BrClN4O. The molecule has 0 aliphatic carbocycles. The van der Waals surface area contributed by atoms with E-state index in [2.05, 4.69) is 31.1 Å². The molecule has 5 nitrogen and oxygen atoms in total. The summed E-state index contributed by atoms with van der Waals surface area (Å²) in [6.07, 6.45) is 0.872. The van der Waals surface area contributed by atoms with E-state index >= 15 is 0 Å². The van der Waals surface area contributed by atoms with E-state index in [0.717, 1.165) is 22.5 Å². The quantitative estimate of drug-likeness (QED) is 0.884. The maximum absolute atomic E-state index is 12.5. The predicted octanol–water partition coefficient (Wildman–Crippen LogP) is 3.16. The largest absolute Gasteiger partial charge is 0.338 e. The maximum Gasteiger partial charge on any atom is 0.255 e. The van der Waals surface area contributed by atoms with Crippen LogP contribution in [-0.2, 0) is 0 Å². The second kappa shape index (κ2) is 5.77. The van der Waals surface area contributed by atoms with Crippen LogP contribution in [0.1, 0.15) is 34.3 Å². The number of halogens is 2. The summed E-state index contributed by atoms with van der Waals surface area (Å²) in [6.45, 7) is 3.20. The molecule has 1 aromatic heterocycles. The highest BCUT2D eigenvalue weighted by Gasteiger charge is 2.30. The van der Waals surface area contributed by atoms with E-state index in [1.807, 2.05) is 17.9 Å². The number of carbonyl (C=O) groups excluding carboxylic acids is 1. The van der Waals surface area contributed by atoms with Crippen LogP contribution in [0.5, 0.6) is 0 Å². The average Bonchev–Trinajstić information content (AvgIpc) is 3.06. The Morgan fingerprint density at radius 1 is 1.52 bits per heavy atom. The molecule has 1 unspecified atom stereocenters. The van der Waals surface area contributed by atoms with Crippen LogP contribution in [0.25, 0.3) is 0 Å². The number of rotatable bonds is 2. The van der Waals surface area contributed by atoms with Crippen molar-refractivity contribution in [1.82, 2.24) is 20.1 Å². The highest BCUT2D eigenvalue weighted by molar-refractivity contribution is 9.10. The van der Waals surface area contributed by atoms with Crippen molar-refractivity contribution in [3.8, 4) is 0 Å². The van der Waals surface area contributed by atoms with Crippen molar-refractivity contribution in [2.45, 2.75) is 19.3 Å². The third-order valence-electron chi connectivity index (χ3n) is 3.62. The third-order valence-corrected chi connectivity index (χ3v) is 4.42. The number of aromatic amines is 1. The van der Waals surface area contributed by atoms with Crippen molar-refractivity contribution in [3.05, 3.63) is 44.9 Å². The summed E-state index contributed by atoms with van der Waals surface area (Å²) in [5.74, 6) is 1.73. The van der Waals surface area contributed by atoms with E-state index in [1.54, 1.807) is 12.1 Å². The number of aryl methyl sites for hydroxylation is 1. The average molecular weight is 370 g/mol. The zero-order chi connectivity index (χ0) is 15.0. The van der Waals surface area contributed by atoms with Crippen LogP contribution in [0.15, 0.2) is 22.7 Å². The number of amides is 1. The van der Waals surface area contributed by atoms with Crippen molar-refractivity contribution in [2.75, 3.05) is 13.1 Å². The summed E-state index contributed by atoms with van der Waals surface area (Å²) < 4.78 is 0.861. The van der Waals surface area contributed by atoms with E-state index in [4.69, 9.17) is 11.6 Å². The van der Waals surface area contributed by atoms with Gasteiger partial charge in [-0.05, 0) is 31.5 Å². The van der Waals surface area contributed by atoms with Gasteiger partial charge in [-0.2, -0.15) is 5.10 Å². The van der Waals surface area contributed by atoms with Gasteiger partial charge in [0.2, 0.25) is 0 Å². The number of aromatic nitrogens is 3. The fourth-order valence-corrected chi connectivity index (χ4v) is 3.29. The van der Waals surface area contributed by atoms with Crippen LogP contribution in [0.2, 0.25) is 5.02 Å². The molecule has 0 saturated carbocycles. The number of hydrogen-bond donors (Lipinski definition) is 1. The highest BCUT2D eigenvalue weighted by atomic mass is 79.9. The molecule has 1 atom stereocenters. The number of H-pyrrole nitrogens is 1. The van der Waals surface area contributed by atoms with Gasteiger partial charge in [0.05, 0.1) is 10.6 Å².